The lowest BCUT2D eigenvalue weighted by Gasteiger charge is -2.45. The first kappa shape index (κ1) is 26.3. The number of benzene rings is 1. The molecule has 0 saturated heterocycles. The highest BCUT2D eigenvalue weighted by Crippen LogP contribution is 2.33. The highest BCUT2D eigenvalue weighted by atomic mass is 35.5. The molecule has 0 atom stereocenters. The number of nitrogens with one attached hydrogen (secondary N) is 3. The molecule has 0 bridgehead atoms. The lowest BCUT2D eigenvalue weighted by Crippen LogP contribution is -2.62. The van der Waals surface area contributed by atoms with E-state index in [4.69, 9.17) is 4.74 Å². The van der Waals surface area contributed by atoms with E-state index in [0.29, 0.717) is 46.5 Å². The van der Waals surface area contributed by atoms with Crippen LogP contribution >= 0.6 is 12.4 Å². The van der Waals surface area contributed by atoms with Crippen LogP contribution in [0.5, 0.6) is 0 Å². The predicted octanol–water partition coefficient (Wildman–Crippen LogP) is 4.25. The number of hydrogen-bond acceptors (Lipinski definition) is 6. The molecule has 0 aliphatic heterocycles. The number of halogens is 2. The van der Waals surface area contributed by atoms with Gasteiger partial charge < -0.3 is 20.4 Å². The summed E-state index contributed by atoms with van der Waals surface area (Å²) in [6.45, 7) is 7.36. The average Bonchev–Trinajstić information content (AvgIpc) is 3.32. The van der Waals surface area contributed by atoms with Crippen molar-refractivity contribution < 1.29 is 18.7 Å². The van der Waals surface area contributed by atoms with E-state index in [1.54, 1.807) is 30.2 Å². The van der Waals surface area contributed by atoms with Crippen molar-refractivity contribution >= 4 is 46.5 Å². The number of carbonyl (C=O) groups is 2. The Morgan fingerprint density at radius 3 is 2.70 bits per heavy atom. The van der Waals surface area contributed by atoms with Crippen molar-refractivity contribution in [1.29, 1.82) is 0 Å². The molecule has 1 aliphatic carbocycles. The minimum absolute atomic E-state index is 0. The van der Waals surface area contributed by atoms with Gasteiger partial charge >= 0.3 is 6.09 Å². The van der Waals surface area contributed by atoms with Crippen molar-refractivity contribution in [2.45, 2.75) is 57.7 Å². The quantitative estimate of drug-likeness (QED) is 0.363. The maximum Gasteiger partial charge on any atom is 0.407 e. The van der Waals surface area contributed by atoms with Gasteiger partial charge in [0, 0.05) is 30.2 Å². The molecule has 3 aromatic heterocycles. The molecule has 196 valence electrons. The molecule has 0 radical (unpaired) electrons. The molecule has 2 amide bonds. The van der Waals surface area contributed by atoms with E-state index in [-0.39, 0.29) is 30.2 Å². The number of alkyl carbamates (subject to hydrolysis) is 1. The van der Waals surface area contributed by atoms with Crippen LogP contribution in [0.4, 0.5) is 9.18 Å². The summed E-state index contributed by atoms with van der Waals surface area (Å²) >= 11 is 0. The van der Waals surface area contributed by atoms with Crippen LogP contribution in [-0.2, 0) is 11.8 Å². The second-order valence-electron chi connectivity index (χ2n) is 10.6. The number of aryl methyl sites for hydroxylation is 1. The summed E-state index contributed by atoms with van der Waals surface area (Å²) in [5.41, 5.74) is 1.85. The van der Waals surface area contributed by atoms with Crippen LogP contribution < -0.4 is 10.6 Å². The number of carbonyl (C=O) groups excluding carboxylic acids is 2. The number of H-pyrrole nitrogens is 1. The van der Waals surface area contributed by atoms with Crippen LogP contribution in [-0.4, -0.2) is 53.9 Å². The van der Waals surface area contributed by atoms with Gasteiger partial charge in [-0.05, 0) is 58.7 Å². The number of aromatic nitrogens is 5. The summed E-state index contributed by atoms with van der Waals surface area (Å²) in [6, 6.07) is 4.36. The molecule has 1 saturated carbocycles. The maximum atomic E-state index is 13.7. The molecule has 0 spiro atoms. The van der Waals surface area contributed by atoms with Gasteiger partial charge in [0.1, 0.15) is 28.3 Å². The second kappa shape index (κ2) is 9.29. The Morgan fingerprint density at radius 1 is 1.27 bits per heavy atom. The molecule has 0 unspecified atom stereocenters. The van der Waals surface area contributed by atoms with Crippen LogP contribution in [0, 0.1) is 5.82 Å². The van der Waals surface area contributed by atoms with Crippen LogP contribution in [0.2, 0.25) is 0 Å². The van der Waals surface area contributed by atoms with Gasteiger partial charge in [0.05, 0.1) is 17.3 Å². The number of fused-ring (bicyclic) bond motifs is 2. The van der Waals surface area contributed by atoms with E-state index in [1.807, 2.05) is 27.7 Å². The molecule has 3 N–H and O–H groups in total. The third-order valence-electron chi connectivity index (χ3n) is 6.21. The SMILES string of the molecule is Cl.Cn1nc(-c2cnc3[nH]cc(C(=O)NC4(C)CC(NC(=O)OC(C)(C)C)C4)c3n2)c2ccc(F)cc21. The fourth-order valence-electron chi connectivity index (χ4n) is 4.65. The van der Waals surface area contributed by atoms with Crippen molar-refractivity contribution in [1.82, 2.24) is 35.4 Å². The van der Waals surface area contributed by atoms with Gasteiger partial charge in [-0.1, -0.05) is 0 Å². The van der Waals surface area contributed by atoms with Crippen molar-refractivity contribution in [3.63, 3.8) is 0 Å². The van der Waals surface area contributed by atoms with Crippen molar-refractivity contribution in [2.75, 3.05) is 0 Å². The standard InChI is InChI=1S/C25H28FN7O3.ClH/c1-24(2,3)36-23(35)29-14-9-25(4,10-14)31-22(34)16-11-27-21-20(16)30-17(12-28-21)19-15-7-6-13(26)8-18(15)33(5)32-19;/h6-8,11-12,14H,9-10H2,1-5H3,(H,27,28)(H,29,35)(H,31,34);1H. The number of nitrogens with zero attached hydrogens (tertiary/aromatic N) is 4. The lowest BCUT2D eigenvalue weighted by molar-refractivity contribution is 0.0418. The first-order chi connectivity index (χ1) is 16.9. The zero-order chi connectivity index (χ0) is 25.8. The number of amides is 2. The number of aromatic amines is 1. The fraction of sp³-hybridized carbons (Fsp3) is 0.400. The summed E-state index contributed by atoms with van der Waals surface area (Å²) in [5.74, 6) is -0.643. The van der Waals surface area contributed by atoms with Gasteiger partial charge in [-0.25, -0.2) is 19.2 Å². The maximum absolute atomic E-state index is 13.7. The molecule has 1 fully saturated rings. The van der Waals surface area contributed by atoms with Crippen LogP contribution in [0.15, 0.2) is 30.6 Å². The molecule has 5 rings (SSSR count). The van der Waals surface area contributed by atoms with E-state index in [2.05, 4.69) is 30.7 Å². The summed E-state index contributed by atoms with van der Waals surface area (Å²) in [7, 11) is 1.73. The first-order valence-corrected chi connectivity index (χ1v) is 11.7. The van der Waals surface area contributed by atoms with Gasteiger partial charge in [0.25, 0.3) is 5.91 Å². The molecule has 37 heavy (non-hydrogen) atoms. The van der Waals surface area contributed by atoms with E-state index < -0.39 is 17.2 Å². The zero-order valence-corrected chi connectivity index (χ0v) is 22.0. The first-order valence-electron chi connectivity index (χ1n) is 11.7. The Morgan fingerprint density at radius 2 is 2.00 bits per heavy atom. The Kier molecular flexibility index (Phi) is 6.61. The Balaban J connectivity index is 0.00000320. The van der Waals surface area contributed by atoms with Crippen molar-refractivity contribution in [3.05, 3.63) is 42.0 Å². The summed E-state index contributed by atoms with van der Waals surface area (Å²) in [5, 5.41) is 11.1. The third-order valence-corrected chi connectivity index (χ3v) is 6.21. The van der Waals surface area contributed by atoms with Gasteiger partial charge in [-0.2, -0.15) is 5.10 Å². The van der Waals surface area contributed by atoms with E-state index >= 15 is 0 Å². The predicted molar refractivity (Wildman–Crippen MR) is 139 cm³/mol. The summed E-state index contributed by atoms with van der Waals surface area (Å²) in [6.07, 6.45) is 3.84. The van der Waals surface area contributed by atoms with Crippen LogP contribution in [0.3, 0.4) is 0 Å². The van der Waals surface area contributed by atoms with Gasteiger partial charge in [0.2, 0.25) is 0 Å². The molecular formula is C25H29ClFN7O3. The normalized spacial score (nSPS) is 19.2. The Labute approximate surface area is 218 Å². The Bertz CT molecular complexity index is 1500. The molecule has 1 aromatic carbocycles. The van der Waals surface area contributed by atoms with E-state index in [1.165, 1.54) is 12.1 Å². The lowest BCUT2D eigenvalue weighted by atomic mass is 9.74. The van der Waals surface area contributed by atoms with Gasteiger partial charge in [-0.15, -0.1) is 12.4 Å². The third kappa shape index (κ3) is 5.22. The Hall–Kier alpha value is -3.73. The topological polar surface area (TPSA) is 127 Å². The highest BCUT2D eigenvalue weighted by molar-refractivity contribution is 6.05. The number of hydrogen-bond donors (Lipinski definition) is 3. The summed E-state index contributed by atoms with van der Waals surface area (Å²) < 4.78 is 20.6. The van der Waals surface area contributed by atoms with Crippen molar-refractivity contribution in [2.24, 2.45) is 7.05 Å². The smallest absolute Gasteiger partial charge is 0.407 e. The molecule has 12 heteroatoms. The minimum atomic E-state index is -0.571. The minimum Gasteiger partial charge on any atom is -0.444 e. The fourth-order valence-corrected chi connectivity index (χ4v) is 4.65. The number of rotatable bonds is 4. The van der Waals surface area contributed by atoms with E-state index in [9.17, 15) is 14.0 Å². The molecular weight excluding hydrogens is 501 g/mol. The van der Waals surface area contributed by atoms with Crippen LogP contribution in [0.1, 0.15) is 50.9 Å². The number of ether oxygens (including phenoxy) is 1. The summed E-state index contributed by atoms with van der Waals surface area (Å²) in [4.78, 5) is 37.3. The van der Waals surface area contributed by atoms with Crippen molar-refractivity contribution in [3.8, 4) is 11.4 Å². The van der Waals surface area contributed by atoms with Gasteiger partial charge in [-0.3, -0.25) is 9.48 Å². The second-order valence-corrected chi connectivity index (χ2v) is 10.6. The largest absolute Gasteiger partial charge is 0.444 e. The molecule has 1 aliphatic rings. The molecule has 10 nitrogen and oxygen atoms in total. The average molecular weight is 530 g/mol. The molecule has 4 aromatic rings. The highest BCUT2D eigenvalue weighted by Gasteiger charge is 2.43. The molecule has 3 heterocycles. The van der Waals surface area contributed by atoms with Crippen LogP contribution in [0.25, 0.3) is 33.5 Å². The zero-order valence-electron chi connectivity index (χ0n) is 21.2. The monoisotopic (exact) mass is 529 g/mol. The van der Waals surface area contributed by atoms with E-state index in [0.717, 1.165) is 5.39 Å². The van der Waals surface area contributed by atoms with Gasteiger partial charge in [0.15, 0.2) is 5.65 Å².